The number of aliphatic hydroxyl groups is 1. The van der Waals surface area contributed by atoms with Crippen molar-refractivity contribution in [2.45, 2.75) is 45.3 Å². The maximum Gasteiger partial charge on any atom is 0.179 e. The molecule has 22 heavy (non-hydrogen) atoms. The average Bonchev–Trinajstić information content (AvgIpc) is 2.83. The standard InChI is InChI=1S/C18H24N2O2/c1-12-18(14-7-3-4-8-15(14)19-12)17(22)11-20-10-6-5-9-16(20)13(2)21/h3-4,7-8,13,16,19,21H,5-6,9-11H2,1-2H3. The van der Waals surface area contributed by atoms with E-state index in [2.05, 4.69) is 9.88 Å². The number of Topliss-reactive ketones (excluding diaryl/α,β-unsaturated/α-hetero) is 1. The number of nitrogens with one attached hydrogen (secondary N) is 1. The largest absolute Gasteiger partial charge is 0.392 e. The lowest BCUT2D eigenvalue weighted by molar-refractivity contribution is 0.0358. The quantitative estimate of drug-likeness (QED) is 0.854. The summed E-state index contributed by atoms with van der Waals surface area (Å²) < 4.78 is 0. The Balaban J connectivity index is 1.85. The van der Waals surface area contributed by atoms with E-state index in [1.54, 1.807) is 0 Å². The molecule has 1 aliphatic rings. The molecule has 0 aliphatic carbocycles. The van der Waals surface area contributed by atoms with Gasteiger partial charge in [0.1, 0.15) is 0 Å². The number of aryl methyl sites for hydroxylation is 1. The van der Waals surface area contributed by atoms with Crippen molar-refractivity contribution in [1.82, 2.24) is 9.88 Å². The van der Waals surface area contributed by atoms with Crippen molar-refractivity contribution in [3.05, 3.63) is 35.5 Å². The number of para-hydroxylation sites is 1. The van der Waals surface area contributed by atoms with Gasteiger partial charge in [-0.1, -0.05) is 24.6 Å². The summed E-state index contributed by atoms with van der Waals surface area (Å²) in [6.07, 6.45) is 2.81. The first-order valence-corrected chi connectivity index (χ1v) is 8.10. The predicted octanol–water partition coefficient (Wildman–Crippen LogP) is 2.89. The number of carbonyl (C=O) groups excluding carboxylic acids is 1. The van der Waals surface area contributed by atoms with E-state index in [1.807, 2.05) is 38.1 Å². The number of ketones is 1. The Morgan fingerprint density at radius 1 is 1.41 bits per heavy atom. The maximum atomic E-state index is 12.8. The fourth-order valence-corrected chi connectivity index (χ4v) is 3.66. The van der Waals surface area contributed by atoms with Gasteiger partial charge < -0.3 is 10.1 Å². The van der Waals surface area contributed by atoms with Crippen molar-refractivity contribution in [1.29, 1.82) is 0 Å². The number of hydrogen-bond donors (Lipinski definition) is 2. The molecule has 2 aromatic rings. The van der Waals surface area contributed by atoms with E-state index >= 15 is 0 Å². The van der Waals surface area contributed by atoms with E-state index in [1.165, 1.54) is 0 Å². The molecule has 0 amide bonds. The van der Waals surface area contributed by atoms with Crippen molar-refractivity contribution in [2.75, 3.05) is 13.1 Å². The van der Waals surface area contributed by atoms with Crippen molar-refractivity contribution in [2.24, 2.45) is 0 Å². The Bertz CT molecular complexity index is 675. The SMILES string of the molecule is Cc1[nH]c2ccccc2c1C(=O)CN1CCCCC1C(C)O. The molecular weight excluding hydrogens is 276 g/mol. The first kappa shape index (κ1) is 15.3. The van der Waals surface area contributed by atoms with Gasteiger partial charge in [0.2, 0.25) is 0 Å². The van der Waals surface area contributed by atoms with Gasteiger partial charge in [0.25, 0.3) is 0 Å². The number of rotatable bonds is 4. The van der Waals surface area contributed by atoms with Crippen molar-refractivity contribution >= 4 is 16.7 Å². The van der Waals surface area contributed by atoms with E-state index in [0.29, 0.717) is 6.54 Å². The molecule has 1 fully saturated rings. The highest BCUT2D eigenvalue weighted by Crippen LogP contribution is 2.25. The molecule has 1 aromatic carbocycles. The van der Waals surface area contributed by atoms with E-state index < -0.39 is 6.10 Å². The number of carbonyl (C=O) groups is 1. The van der Waals surface area contributed by atoms with Gasteiger partial charge in [0, 0.05) is 28.2 Å². The normalized spacial score (nSPS) is 21.1. The Hall–Kier alpha value is -1.65. The maximum absolute atomic E-state index is 12.8. The van der Waals surface area contributed by atoms with Crippen molar-refractivity contribution < 1.29 is 9.90 Å². The van der Waals surface area contributed by atoms with Crippen LogP contribution >= 0.6 is 0 Å². The highest BCUT2D eigenvalue weighted by molar-refractivity contribution is 6.10. The van der Waals surface area contributed by atoms with Crippen LogP contribution in [-0.2, 0) is 0 Å². The molecule has 2 heterocycles. The summed E-state index contributed by atoms with van der Waals surface area (Å²) in [5, 5.41) is 11.0. The number of piperidine rings is 1. The second-order valence-corrected chi connectivity index (χ2v) is 6.37. The third-order valence-corrected chi connectivity index (χ3v) is 4.74. The summed E-state index contributed by atoms with van der Waals surface area (Å²) in [5.74, 6) is 0.141. The fraction of sp³-hybridized carbons (Fsp3) is 0.500. The number of nitrogens with zero attached hydrogens (tertiary/aromatic N) is 1. The number of aliphatic hydroxyl groups excluding tert-OH is 1. The summed E-state index contributed by atoms with van der Waals surface area (Å²) in [7, 11) is 0. The number of H-pyrrole nitrogens is 1. The molecule has 0 radical (unpaired) electrons. The van der Waals surface area contributed by atoms with Crippen molar-refractivity contribution in [3.8, 4) is 0 Å². The zero-order chi connectivity index (χ0) is 15.7. The molecule has 1 saturated heterocycles. The summed E-state index contributed by atoms with van der Waals surface area (Å²) in [6.45, 7) is 5.06. The van der Waals surface area contributed by atoms with Crippen LogP contribution in [0.2, 0.25) is 0 Å². The Kier molecular flexibility index (Phi) is 4.32. The zero-order valence-corrected chi connectivity index (χ0v) is 13.3. The van der Waals surface area contributed by atoms with E-state index in [0.717, 1.165) is 48.0 Å². The predicted molar refractivity (Wildman–Crippen MR) is 88.3 cm³/mol. The summed E-state index contributed by atoms with van der Waals surface area (Å²) in [5.41, 5.74) is 2.73. The molecule has 4 heteroatoms. The Morgan fingerprint density at radius 3 is 2.95 bits per heavy atom. The minimum absolute atomic E-state index is 0.100. The first-order valence-electron chi connectivity index (χ1n) is 8.10. The lowest BCUT2D eigenvalue weighted by atomic mass is 9.97. The molecule has 3 rings (SSSR count). The molecule has 1 aliphatic heterocycles. The van der Waals surface area contributed by atoms with Crippen LogP contribution in [0.1, 0.15) is 42.2 Å². The number of benzene rings is 1. The van der Waals surface area contributed by atoms with Gasteiger partial charge in [0.15, 0.2) is 5.78 Å². The van der Waals surface area contributed by atoms with Crippen LogP contribution in [0.5, 0.6) is 0 Å². The number of aromatic amines is 1. The molecule has 4 nitrogen and oxygen atoms in total. The van der Waals surface area contributed by atoms with Crippen LogP contribution in [0.3, 0.4) is 0 Å². The molecule has 2 unspecified atom stereocenters. The minimum Gasteiger partial charge on any atom is -0.392 e. The Morgan fingerprint density at radius 2 is 2.18 bits per heavy atom. The molecule has 0 saturated carbocycles. The van der Waals surface area contributed by atoms with Gasteiger partial charge in [0.05, 0.1) is 12.6 Å². The lowest BCUT2D eigenvalue weighted by Gasteiger charge is -2.36. The highest BCUT2D eigenvalue weighted by atomic mass is 16.3. The number of aromatic nitrogens is 1. The van der Waals surface area contributed by atoms with E-state index in [-0.39, 0.29) is 11.8 Å². The number of fused-ring (bicyclic) bond motifs is 1. The lowest BCUT2D eigenvalue weighted by Crippen LogP contribution is -2.47. The van der Waals surface area contributed by atoms with Gasteiger partial charge in [-0.15, -0.1) is 0 Å². The molecular formula is C18H24N2O2. The van der Waals surface area contributed by atoms with Crippen molar-refractivity contribution in [3.63, 3.8) is 0 Å². The molecule has 1 aromatic heterocycles. The van der Waals surface area contributed by atoms with Crippen LogP contribution in [0.15, 0.2) is 24.3 Å². The minimum atomic E-state index is -0.392. The van der Waals surface area contributed by atoms with E-state index in [9.17, 15) is 9.90 Å². The smallest absolute Gasteiger partial charge is 0.179 e. The third kappa shape index (κ3) is 2.81. The van der Waals surface area contributed by atoms with Crippen LogP contribution in [-0.4, -0.2) is 46.0 Å². The second kappa shape index (κ2) is 6.23. The van der Waals surface area contributed by atoms with Crippen LogP contribution in [0, 0.1) is 6.92 Å². The molecule has 118 valence electrons. The summed E-state index contributed by atoms with van der Waals surface area (Å²) in [6, 6.07) is 8.03. The van der Waals surface area contributed by atoms with Gasteiger partial charge in [-0.05, 0) is 39.3 Å². The van der Waals surface area contributed by atoms with Crippen LogP contribution < -0.4 is 0 Å². The summed E-state index contributed by atoms with van der Waals surface area (Å²) >= 11 is 0. The first-order chi connectivity index (χ1) is 10.6. The fourth-order valence-electron chi connectivity index (χ4n) is 3.66. The molecule has 2 N–H and O–H groups in total. The van der Waals surface area contributed by atoms with Crippen LogP contribution in [0.4, 0.5) is 0 Å². The highest BCUT2D eigenvalue weighted by Gasteiger charge is 2.28. The van der Waals surface area contributed by atoms with E-state index in [4.69, 9.17) is 0 Å². The van der Waals surface area contributed by atoms with Gasteiger partial charge >= 0.3 is 0 Å². The Labute approximate surface area is 131 Å². The molecule has 2 atom stereocenters. The topological polar surface area (TPSA) is 56.3 Å². The monoisotopic (exact) mass is 300 g/mol. The zero-order valence-electron chi connectivity index (χ0n) is 13.3. The van der Waals surface area contributed by atoms with Gasteiger partial charge in [-0.25, -0.2) is 0 Å². The molecule has 0 spiro atoms. The third-order valence-electron chi connectivity index (χ3n) is 4.74. The summed E-state index contributed by atoms with van der Waals surface area (Å²) in [4.78, 5) is 18.3. The number of likely N-dealkylation sites (tertiary alicyclic amines) is 1. The van der Waals surface area contributed by atoms with Gasteiger partial charge in [-0.3, -0.25) is 9.69 Å². The van der Waals surface area contributed by atoms with Crippen LogP contribution in [0.25, 0.3) is 10.9 Å². The second-order valence-electron chi connectivity index (χ2n) is 6.37. The number of hydrogen-bond acceptors (Lipinski definition) is 3. The van der Waals surface area contributed by atoms with Gasteiger partial charge in [-0.2, -0.15) is 0 Å². The average molecular weight is 300 g/mol. The molecule has 0 bridgehead atoms.